The summed E-state index contributed by atoms with van der Waals surface area (Å²) in [5.41, 5.74) is 1.96. The van der Waals surface area contributed by atoms with Crippen molar-refractivity contribution in [2.75, 3.05) is 0 Å². The molecule has 0 radical (unpaired) electrons. The van der Waals surface area contributed by atoms with Gasteiger partial charge in [-0.25, -0.2) is 0 Å². The Hall–Kier alpha value is -1.52. The summed E-state index contributed by atoms with van der Waals surface area (Å²) in [6.45, 7) is 0. The molecule has 1 saturated carbocycles. The fourth-order valence-electron chi connectivity index (χ4n) is 2.75. The summed E-state index contributed by atoms with van der Waals surface area (Å²) in [6.07, 6.45) is 5.74. The summed E-state index contributed by atoms with van der Waals surface area (Å²) in [7, 11) is 0. The molecule has 3 rings (SSSR count). The highest BCUT2D eigenvalue weighted by molar-refractivity contribution is 6.42. The number of nitrogens with zero attached hydrogens (tertiary/aromatic N) is 1. The third-order valence-electron chi connectivity index (χ3n) is 3.98. The Morgan fingerprint density at radius 1 is 1.14 bits per heavy atom. The van der Waals surface area contributed by atoms with Gasteiger partial charge in [-0.3, -0.25) is 9.89 Å². The van der Waals surface area contributed by atoms with Gasteiger partial charge in [-0.1, -0.05) is 48.5 Å². The zero-order valence-corrected chi connectivity index (χ0v) is 13.5. The molecule has 1 aromatic carbocycles. The maximum atomic E-state index is 12.2. The van der Waals surface area contributed by atoms with E-state index in [1.807, 2.05) is 6.07 Å². The average Bonchev–Trinajstić information content (AvgIpc) is 3.01. The first kappa shape index (κ1) is 15.4. The predicted octanol–water partition coefficient (Wildman–Crippen LogP) is 4.45. The molecule has 1 aliphatic rings. The van der Waals surface area contributed by atoms with Crippen LogP contribution in [0.1, 0.15) is 42.6 Å². The van der Waals surface area contributed by atoms with E-state index in [0.717, 1.165) is 18.4 Å². The Morgan fingerprint density at radius 2 is 1.91 bits per heavy atom. The zero-order valence-electron chi connectivity index (χ0n) is 12.0. The highest BCUT2D eigenvalue weighted by Crippen LogP contribution is 2.27. The van der Waals surface area contributed by atoms with E-state index in [9.17, 15) is 4.79 Å². The quantitative estimate of drug-likeness (QED) is 0.869. The van der Waals surface area contributed by atoms with Gasteiger partial charge in [0.15, 0.2) is 0 Å². The first-order valence-electron chi connectivity index (χ1n) is 7.45. The molecule has 116 valence electrons. The molecule has 1 aliphatic carbocycles. The van der Waals surface area contributed by atoms with E-state index in [2.05, 4.69) is 15.5 Å². The van der Waals surface area contributed by atoms with E-state index in [1.165, 1.54) is 19.3 Å². The second kappa shape index (κ2) is 6.71. The summed E-state index contributed by atoms with van der Waals surface area (Å²) in [5, 5.41) is 11.0. The van der Waals surface area contributed by atoms with E-state index in [1.54, 1.807) is 18.2 Å². The van der Waals surface area contributed by atoms with Crippen LogP contribution in [0.4, 0.5) is 0 Å². The number of hydrogen-bond donors (Lipinski definition) is 2. The van der Waals surface area contributed by atoms with Crippen LogP contribution >= 0.6 is 23.2 Å². The van der Waals surface area contributed by atoms with E-state index < -0.39 is 0 Å². The van der Waals surface area contributed by atoms with E-state index in [0.29, 0.717) is 21.4 Å². The molecule has 0 atom stereocenters. The van der Waals surface area contributed by atoms with Crippen molar-refractivity contribution in [3.8, 4) is 11.3 Å². The Balaban J connectivity index is 1.72. The number of H-pyrrole nitrogens is 1. The fourth-order valence-corrected chi connectivity index (χ4v) is 3.05. The molecular weight excluding hydrogens is 321 g/mol. The lowest BCUT2D eigenvalue weighted by molar-refractivity contribution is 0.0922. The number of hydrogen-bond acceptors (Lipinski definition) is 2. The lowest BCUT2D eigenvalue weighted by atomic mass is 9.95. The maximum Gasteiger partial charge on any atom is 0.269 e. The van der Waals surface area contributed by atoms with Crippen LogP contribution in [-0.4, -0.2) is 22.1 Å². The normalized spacial score (nSPS) is 15.7. The van der Waals surface area contributed by atoms with Gasteiger partial charge in [-0.15, -0.1) is 0 Å². The van der Waals surface area contributed by atoms with Crippen LogP contribution in [0.2, 0.25) is 10.0 Å². The first-order valence-corrected chi connectivity index (χ1v) is 8.21. The Labute approximate surface area is 139 Å². The van der Waals surface area contributed by atoms with Gasteiger partial charge in [0.25, 0.3) is 5.91 Å². The summed E-state index contributed by atoms with van der Waals surface area (Å²) in [4.78, 5) is 12.2. The molecule has 0 bridgehead atoms. The summed E-state index contributed by atoms with van der Waals surface area (Å²) >= 11 is 11.9. The smallest absolute Gasteiger partial charge is 0.269 e. The molecular formula is C16H17Cl2N3O. The standard InChI is InChI=1S/C16H17Cl2N3O/c17-12-7-6-10(8-13(12)18)14-9-15(21-20-14)16(22)19-11-4-2-1-3-5-11/h6-9,11H,1-5H2,(H,19,22)(H,20,21). The second-order valence-electron chi connectivity index (χ2n) is 5.60. The van der Waals surface area contributed by atoms with Gasteiger partial charge in [-0.05, 0) is 31.0 Å². The van der Waals surface area contributed by atoms with Crippen LogP contribution in [0.25, 0.3) is 11.3 Å². The van der Waals surface area contributed by atoms with Gasteiger partial charge in [0, 0.05) is 11.6 Å². The Morgan fingerprint density at radius 3 is 2.64 bits per heavy atom. The molecule has 1 amide bonds. The molecule has 6 heteroatoms. The molecule has 1 fully saturated rings. The SMILES string of the molecule is O=C(NC1CCCCC1)c1cc(-c2ccc(Cl)c(Cl)c2)n[nH]1. The molecule has 2 N–H and O–H groups in total. The highest BCUT2D eigenvalue weighted by atomic mass is 35.5. The third kappa shape index (κ3) is 3.45. The van der Waals surface area contributed by atoms with Gasteiger partial charge in [0.1, 0.15) is 5.69 Å². The monoisotopic (exact) mass is 337 g/mol. The first-order chi connectivity index (χ1) is 10.6. The molecule has 0 spiro atoms. The van der Waals surface area contributed by atoms with Crippen LogP contribution in [0, 0.1) is 0 Å². The van der Waals surface area contributed by atoms with Crippen molar-refractivity contribution in [1.29, 1.82) is 0 Å². The van der Waals surface area contributed by atoms with Crippen LogP contribution in [0.3, 0.4) is 0 Å². The number of rotatable bonds is 3. The van der Waals surface area contributed by atoms with Crippen LogP contribution in [0.15, 0.2) is 24.3 Å². The molecule has 0 unspecified atom stereocenters. The average molecular weight is 338 g/mol. The maximum absolute atomic E-state index is 12.2. The predicted molar refractivity (Wildman–Crippen MR) is 88.4 cm³/mol. The van der Waals surface area contributed by atoms with E-state index in [-0.39, 0.29) is 11.9 Å². The van der Waals surface area contributed by atoms with Gasteiger partial charge < -0.3 is 5.32 Å². The van der Waals surface area contributed by atoms with Crippen LogP contribution in [0.5, 0.6) is 0 Å². The second-order valence-corrected chi connectivity index (χ2v) is 6.42. The van der Waals surface area contributed by atoms with Crippen LogP contribution < -0.4 is 5.32 Å². The van der Waals surface area contributed by atoms with E-state index in [4.69, 9.17) is 23.2 Å². The lowest BCUT2D eigenvalue weighted by Gasteiger charge is -2.22. The molecule has 4 nitrogen and oxygen atoms in total. The minimum absolute atomic E-state index is 0.106. The Bertz CT molecular complexity index is 678. The number of aromatic amines is 1. The molecule has 2 aromatic rings. The van der Waals surface area contributed by atoms with E-state index >= 15 is 0 Å². The molecule has 0 saturated heterocycles. The molecule has 1 aromatic heterocycles. The van der Waals surface area contributed by atoms with Crippen molar-refractivity contribution in [3.63, 3.8) is 0 Å². The van der Waals surface area contributed by atoms with Crippen molar-refractivity contribution in [3.05, 3.63) is 40.0 Å². The number of aromatic nitrogens is 2. The van der Waals surface area contributed by atoms with Gasteiger partial charge >= 0.3 is 0 Å². The third-order valence-corrected chi connectivity index (χ3v) is 4.72. The zero-order chi connectivity index (χ0) is 15.5. The number of amides is 1. The topological polar surface area (TPSA) is 57.8 Å². The summed E-state index contributed by atoms with van der Waals surface area (Å²) < 4.78 is 0. The number of benzene rings is 1. The number of nitrogens with one attached hydrogen (secondary N) is 2. The molecule has 1 heterocycles. The van der Waals surface area contributed by atoms with Crippen molar-refractivity contribution in [1.82, 2.24) is 15.5 Å². The van der Waals surface area contributed by atoms with Crippen molar-refractivity contribution < 1.29 is 4.79 Å². The number of carbonyl (C=O) groups is 1. The fraction of sp³-hybridized carbons (Fsp3) is 0.375. The van der Waals surface area contributed by atoms with Gasteiger partial charge in [-0.2, -0.15) is 5.10 Å². The number of carbonyl (C=O) groups excluding carboxylic acids is 1. The van der Waals surface area contributed by atoms with Crippen molar-refractivity contribution in [2.45, 2.75) is 38.1 Å². The highest BCUT2D eigenvalue weighted by Gasteiger charge is 2.18. The largest absolute Gasteiger partial charge is 0.348 e. The summed E-state index contributed by atoms with van der Waals surface area (Å²) in [6, 6.07) is 7.29. The van der Waals surface area contributed by atoms with Gasteiger partial charge in [0.2, 0.25) is 0 Å². The van der Waals surface area contributed by atoms with Crippen molar-refractivity contribution in [2.24, 2.45) is 0 Å². The minimum atomic E-state index is -0.106. The molecule has 0 aliphatic heterocycles. The lowest BCUT2D eigenvalue weighted by Crippen LogP contribution is -2.36. The van der Waals surface area contributed by atoms with Crippen LogP contribution in [-0.2, 0) is 0 Å². The van der Waals surface area contributed by atoms with Crippen molar-refractivity contribution >= 4 is 29.1 Å². The number of halogens is 2. The minimum Gasteiger partial charge on any atom is -0.348 e. The summed E-state index contributed by atoms with van der Waals surface area (Å²) in [5.74, 6) is -0.106. The molecule has 22 heavy (non-hydrogen) atoms. The Kier molecular flexibility index (Phi) is 4.69. The van der Waals surface area contributed by atoms with Gasteiger partial charge in [0.05, 0.1) is 15.7 Å².